The molecule has 0 spiro atoms. The molecule has 1 aliphatic rings. The van der Waals surface area contributed by atoms with E-state index in [9.17, 15) is 0 Å². The largest absolute Gasteiger partial charge is 0.365 e. The van der Waals surface area contributed by atoms with E-state index < -0.39 is 0 Å². The van der Waals surface area contributed by atoms with Crippen LogP contribution in [0.1, 0.15) is 17.5 Å². The molecule has 3 heterocycles. The van der Waals surface area contributed by atoms with Gasteiger partial charge in [-0.2, -0.15) is 4.98 Å². The highest BCUT2D eigenvalue weighted by Crippen LogP contribution is 2.31. The fourth-order valence-electron chi connectivity index (χ4n) is 3.79. The second kappa shape index (κ2) is 8.91. The van der Waals surface area contributed by atoms with Crippen LogP contribution in [-0.2, 0) is 6.54 Å². The van der Waals surface area contributed by atoms with Crippen LogP contribution in [-0.4, -0.2) is 28.0 Å². The zero-order chi connectivity index (χ0) is 21.0. The molecular weight excluding hydrogens is 452 g/mol. The zero-order valence-electron chi connectivity index (χ0n) is 17.0. The monoisotopic (exact) mass is 474 g/mol. The van der Waals surface area contributed by atoms with E-state index in [-0.39, 0.29) is 0 Å². The van der Waals surface area contributed by atoms with E-state index in [0.717, 1.165) is 41.0 Å². The summed E-state index contributed by atoms with van der Waals surface area (Å²) in [5.41, 5.74) is 5.93. The first kappa shape index (κ1) is 19.8. The van der Waals surface area contributed by atoms with Gasteiger partial charge in [0.2, 0.25) is 5.95 Å². The molecule has 31 heavy (non-hydrogen) atoms. The molecule has 0 saturated carbocycles. The van der Waals surface area contributed by atoms with Crippen LogP contribution in [0.5, 0.6) is 0 Å². The van der Waals surface area contributed by atoms with Crippen molar-refractivity contribution in [3.05, 3.63) is 82.6 Å². The number of anilines is 3. The number of aromatic amines is 1. The number of H-pyrrole nitrogens is 1. The minimum Gasteiger partial charge on any atom is -0.365 e. The van der Waals surface area contributed by atoms with Gasteiger partial charge in [-0.15, -0.1) is 0 Å². The van der Waals surface area contributed by atoms with Crippen molar-refractivity contribution in [3.63, 3.8) is 0 Å². The third-order valence-electron chi connectivity index (χ3n) is 5.39. The lowest BCUT2D eigenvalue weighted by molar-refractivity contribution is 0.739. The summed E-state index contributed by atoms with van der Waals surface area (Å²) < 4.78 is 0.829. The van der Waals surface area contributed by atoms with Crippen molar-refractivity contribution >= 4 is 49.9 Å². The highest BCUT2D eigenvalue weighted by molar-refractivity contribution is 9.10. The van der Waals surface area contributed by atoms with Crippen molar-refractivity contribution in [2.45, 2.75) is 13.0 Å². The molecule has 0 radical (unpaired) electrons. The summed E-state index contributed by atoms with van der Waals surface area (Å²) in [5.74, 6) is 1.31. The van der Waals surface area contributed by atoms with Gasteiger partial charge in [-0.1, -0.05) is 36.4 Å². The third-order valence-corrected chi connectivity index (χ3v) is 5.97. The lowest BCUT2D eigenvalue weighted by Gasteiger charge is -2.14. The van der Waals surface area contributed by atoms with E-state index in [1.807, 2.05) is 24.3 Å². The van der Waals surface area contributed by atoms with Crippen LogP contribution in [0.2, 0.25) is 0 Å². The second-order valence-corrected chi connectivity index (χ2v) is 8.35. The van der Waals surface area contributed by atoms with E-state index in [2.05, 4.69) is 83.4 Å². The van der Waals surface area contributed by atoms with E-state index in [0.29, 0.717) is 12.5 Å². The van der Waals surface area contributed by atoms with Crippen molar-refractivity contribution in [3.8, 4) is 0 Å². The SMILES string of the molecule is Brc1cnc(Nc2ccc3[nH]cc(C4=CCNCC4)c3c2)nc1NCc1ccccc1. The van der Waals surface area contributed by atoms with Gasteiger partial charge in [0.25, 0.3) is 0 Å². The van der Waals surface area contributed by atoms with Gasteiger partial charge < -0.3 is 20.9 Å². The zero-order valence-corrected chi connectivity index (χ0v) is 18.5. The minimum atomic E-state index is 0.552. The summed E-state index contributed by atoms with van der Waals surface area (Å²) in [4.78, 5) is 12.5. The maximum absolute atomic E-state index is 4.65. The van der Waals surface area contributed by atoms with Crippen LogP contribution in [0.4, 0.5) is 17.5 Å². The Kier molecular flexibility index (Phi) is 5.69. The Hall–Kier alpha value is -3.16. The number of fused-ring (bicyclic) bond motifs is 1. The van der Waals surface area contributed by atoms with E-state index in [4.69, 9.17) is 0 Å². The van der Waals surface area contributed by atoms with Gasteiger partial charge in [0.05, 0.1) is 4.47 Å². The Morgan fingerprint density at radius 3 is 2.84 bits per heavy atom. The molecule has 156 valence electrons. The topological polar surface area (TPSA) is 77.7 Å². The molecule has 7 heteroatoms. The fourth-order valence-corrected chi connectivity index (χ4v) is 4.12. The Morgan fingerprint density at radius 1 is 1.10 bits per heavy atom. The van der Waals surface area contributed by atoms with Gasteiger partial charge in [-0.3, -0.25) is 0 Å². The predicted molar refractivity (Wildman–Crippen MR) is 131 cm³/mol. The molecule has 1 aliphatic heterocycles. The summed E-state index contributed by atoms with van der Waals surface area (Å²) in [7, 11) is 0. The maximum atomic E-state index is 4.65. The van der Waals surface area contributed by atoms with Crippen molar-refractivity contribution < 1.29 is 0 Å². The first-order valence-corrected chi connectivity index (χ1v) is 11.1. The van der Waals surface area contributed by atoms with Crippen LogP contribution in [0.15, 0.2) is 71.5 Å². The van der Waals surface area contributed by atoms with E-state index >= 15 is 0 Å². The molecule has 4 N–H and O–H groups in total. The molecule has 0 unspecified atom stereocenters. The van der Waals surface area contributed by atoms with Crippen molar-refractivity contribution in [1.82, 2.24) is 20.3 Å². The molecule has 0 amide bonds. The molecule has 6 nitrogen and oxygen atoms in total. The normalized spacial score (nSPS) is 13.8. The summed E-state index contributed by atoms with van der Waals surface area (Å²) in [6, 6.07) is 16.5. The smallest absolute Gasteiger partial charge is 0.229 e. The molecule has 2 aromatic heterocycles. The maximum Gasteiger partial charge on any atom is 0.229 e. The van der Waals surface area contributed by atoms with Gasteiger partial charge in [0.1, 0.15) is 5.82 Å². The predicted octanol–water partition coefficient (Wildman–Crippen LogP) is 5.45. The first-order valence-electron chi connectivity index (χ1n) is 10.3. The molecule has 0 saturated heterocycles. The molecule has 2 aromatic carbocycles. The number of hydrogen-bond donors (Lipinski definition) is 4. The molecule has 0 bridgehead atoms. The highest BCUT2D eigenvalue weighted by Gasteiger charge is 2.12. The van der Waals surface area contributed by atoms with Crippen LogP contribution in [0.25, 0.3) is 16.5 Å². The van der Waals surface area contributed by atoms with E-state index in [1.54, 1.807) is 6.20 Å². The van der Waals surface area contributed by atoms with Gasteiger partial charge in [-0.05, 0) is 58.2 Å². The number of hydrogen-bond acceptors (Lipinski definition) is 5. The summed E-state index contributed by atoms with van der Waals surface area (Å²) in [6.07, 6.45) is 7.18. The molecular formula is C24H23BrN6. The quantitative estimate of drug-likeness (QED) is 0.298. The number of halogens is 1. The highest BCUT2D eigenvalue weighted by atomic mass is 79.9. The van der Waals surface area contributed by atoms with Crippen molar-refractivity contribution in [2.24, 2.45) is 0 Å². The number of aromatic nitrogens is 3. The Labute approximate surface area is 189 Å². The second-order valence-electron chi connectivity index (χ2n) is 7.50. The van der Waals surface area contributed by atoms with Crippen molar-refractivity contribution in [1.29, 1.82) is 0 Å². The Balaban J connectivity index is 1.37. The van der Waals surface area contributed by atoms with Crippen LogP contribution >= 0.6 is 15.9 Å². The lowest BCUT2D eigenvalue weighted by atomic mass is 9.99. The standard InChI is InChI=1S/C24H23BrN6/c25-21-15-29-24(31-23(21)28-13-16-4-2-1-3-5-16)30-18-6-7-22-19(12-18)20(14-27-22)17-8-10-26-11-9-17/h1-8,12,14-15,26-27H,9-11,13H2,(H2,28,29,30,31). The first-order chi connectivity index (χ1) is 15.3. The summed E-state index contributed by atoms with van der Waals surface area (Å²) >= 11 is 3.54. The van der Waals surface area contributed by atoms with Crippen LogP contribution in [0, 0.1) is 0 Å². The molecule has 0 fully saturated rings. The minimum absolute atomic E-state index is 0.552. The van der Waals surface area contributed by atoms with Crippen molar-refractivity contribution in [2.75, 3.05) is 23.7 Å². The van der Waals surface area contributed by atoms with Gasteiger partial charge in [0.15, 0.2) is 0 Å². The molecule has 4 aromatic rings. The van der Waals surface area contributed by atoms with E-state index in [1.165, 1.54) is 22.1 Å². The van der Waals surface area contributed by atoms with Gasteiger partial charge >= 0.3 is 0 Å². The Morgan fingerprint density at radius 2 is 2.00 bits per heavy atom. The van der Waals surface area contributed by atoms with Gasteiger partial charge in [-0.25, -0.2) is 4.98 Å². The van der Waals surface area contributed by atoms with Crippen LogP contribution < -0.4 is 16.0 Å². The third kappa shape index (κ3) is 4.47. The average Bonchev–Trinajstić information content (AvgIpc) is 3.24. The number of nitrogens with one attached hydrogen (secondary N) is 4. The fraction of sp³-hybridized carbons (Fsp3) is 0.167. The lowest BCUT2D eigenvalue weighted by Crippen LogP contribution is -2.19. The summed E-state index contributed by atoms with van der Waals surface area (Å²) in [5, 5.41) is 11.3. The number of rotatable bonds is 6. The average molecular weight is 475 g/mol. The Bertz CT molecular complexity index is 1230. The summed E-state index contributed by atoms with van der Waals surface area (Å²) in [6.45, 7) is 2.63. The van der Waals surface area contributed by atoms with Crippen LogP contribution in [0.3, 0.4) is 0 Å². The molecule has 5 rings (SSSR count). The number of nitrogens with zero attached hydrogens (tertiary/aromatic N) is 2. The van der Waals surface area contributed by atoms with Gasteiger partial charge in [0, 0.05) is 47.6 Å². The molecule has 0 aliphatic carbocycles. The molecule has 0 atom stereocenters. The number of benzene rings is 2.